The van der Waals surface area contributed by atoms with Gasteiger partial charge in [0.15, 0.2) is 0 Å². The first-order chi connectivity index (χ1) is 16.1. The largest absolute Gasteiger partial charge is 0.340 e. The van der Waals surface area contributed by atoms with Crippen LogP contribution in [0, 0.1) is 19.8 Å². The van der Waals surface area contributed by atoms with E-state index in [4.69, 9.17) is 0 Å². The number of carbonyl (C=O) groups is 2. The van der Waals surface area contributed by atoms with Gasteiger partial charge in [0.25, 0.3) is 11.8 Å². The van der Waals surface area contributed by atoms with Crippen LogP contribution in [0.15, 0.2) is 82.6 Å². The molecule has 0 saturated heterocycles. The maximum Gasteiger partial charge on any atom is 0.261 e. The van der Waals surface area contributed by atoms with Crippen LogP contribution < -0.4 is 16.2 Å². The summed E-state index contributed by atoms with van der Waals surface area (Å²) < 4.78 is 25.6. The molecular weight excluding hydrogens is 450 g/mol. The summed E-state index contributed by atoms with van der Waals surface area (Å²) in [7, 11) is -3.63. The number of aryl methyl sites for hydroxylation is 2. The minimum atomic E-state index is -3.63. The van der Waals surface area contributed by atoms with Crippen LogP contribution in [-0.2, 0) is 14.6 Å². The normalized spacial score (nSPS) is 12.1. The van der Waals surface area contributed by atoms with Crippen molar-refractivity contribution in [2.45, 2.75) is 43.5 Å². The highest BCUT2D eigenvalue weighted by Crippen LogP contribution is 2.22. The number of benzene rings is 3. The Morgan fingerprint density at radius 3 is 1.94 bits per heavy atom. The minimum absolute atomic E-state index is 0.152. The van der Waals surface area contributed by atoms with E-state index in [0.29, 0.717) is 11.3 Å². The first-order valence-electron chi connectivity index (χ1n) is 10.9. The topological polar surface area (TPSA) is 104 Å². The lowest BCUT2D eigenvalue weighted by molar-refractivity contribution is -0.123. The fourth-order valence-electron chi connectivity index (χ4n) is 3.33. The lowest BCUT2D eigenvalue weighted by Crippen LogP contribution is -2.51. The number of amides is 2. The number of hydrogen-bond acceptors (Lipinski definition) is 5. The van der Waals surface area contributed by atoms with Gasteiger partial charge in [0.05, 0.1) is 15.5 Å². The van der Waals surface area contributed by atoms with Crippen LogP contribution in [0.2, 0.25) is 0 Å². The summed E-state index contributed by atoms with van der Waals surface area (Å²) in [6.45, 7) is 7.46. The molecule has 0 aromatic heterocycles. The van der Waals surface area contributed by atoms with E-state index in [1.54, 1.807) is 54.6 Å². The summed E-state index contributed by atoms with van der Waals surface area (Å²) in [4.78, 5) is 25.7. The van der Waals surface area contributed by atoms with E-state index >= 15 is 0 Å². The third kappa shape index (κ3) is 6.02. The molecule has 0 heterocycles. The van der Waals surface area contributed by atoms with Crippen LogP contribution in [0.1, 0.15) is 35.3 Å². The van der Waals surface area contributed by atoms with Gasteiger partial charge in [-0.3, -0.25) is 20.4 Å². The SMILES string of the molecule is Cc1ccc(S(=O)(=O)c2ccc(NNC(=O)[C@@H](NC(=O)c3cccc(C)c3)C(C)C)cc2)cc1. The highest BCUT2D eigenvalue weighted by Gasteiger charge is 2.25. The van der Waals surface area contributed by atoms with Crippen molar-refractivity contribution in [3.63, 3.8) is 0 Å². The van der Waals surface area contributed by atoms with Crippen molar-refractivity contribution >= 4 is 27.3 Å². The van der Waals surface area contributed by atoms with Gasteiger partial charge in [-0.05, 0) is 68.3 Å². The van der Waals surface area contributed by atoms with Crippen molar-refractivity contribution < 1.29 is 18.0 Å². The highest BCUT2D eigenvalue weighted by molar-refractivity contribution is 7.91. The van der Waals surface area contributed by atoms with Crippen LogP contribution in [0.4, 0.5) is 5.69 Å². The van der Waals surface area contributed by atoms with Crippen molar-refractivity contribution in [1.82, 2.24) is 10.7 Å². The van der Waals surface area contributed by atoms with E-state index in [9.17, 15) is 18.0 Å². The lowest BCUT2D eigenvalue weighted by atomic mass is 10.0. The van der Waals surface area contributed by atoms with Gasteiger partial charge in [-0.1, -0.05) is 49.2 Å². The van der Waals surface area contributed by atoms with E-state index in [-0.39, 0.29) is 21.6 Å². The standard InChI is InChI=1S/C26H29N3O4S/c1-17(2)24(27-25(30)20-7-5-6-19(4)16-20)26(31)29-28-21-10-14-23(15-11-21)34(32,33)22-12-8-18(3)9-13-22/h5-17,24,28H,1-4H3,(H,27,30)(H,29,31)/t24-/m0/s1. The third-order valence-electron chi connectivity index (χ3n) is 5.34. The lowest BCUT2D eigenvalue weighted by Gasteiger charge is -2.22. The van der Waals surface area contributed by atoms with Crippen LogP contribution >= 0.6 is 0 Å². The zero-order valence-electron chi connectivity index (χ0n) is 19.6. The Bertz CT molecular complexity index is 1270. The zero-order valence-corrected chi connectivity index (χ0v) is 20.4. The van der Waals surface area contributed by atoms with Crippen molar-refractivity contribution in [1.29, 1.82) is 0 Å². The first kappa shape index (κ1) is 25.0. The second kappa shape index (κ2) is 10.5. The van der Waals surface area contributed by atoms with E-state index in [2.05, 4.69) is 16.2 Å². The van der Waals surface area contributed by atoms with Gasteiger partial charge >= 0.3 is 0 Å². The van der Waals surface area contributed by atoms with Crippen LogP contribution in [0.5, 0.6) is 0 Å². The molecule has 3 aromatic rings. The molecule has 0 fully saturated rings. The average Bonchev–Trinajstić information content (AvgIpc) is 2.81. The Hall–Kier alpha value is -3.65. The van der Waals surface area contributed by atoms with Crippen molar-refractivity contribution in [2.75, 3.05) is 5.43 Å². The summed E-state index contributed by atoms with van der Waals surface area (Å²) in [5, 5.41) is 2.78. The zero-order chi connectivity index (χ0) is 24.9. The molecule has 7 nitrogen and oxygen atoms in total. The molecule has 0 aliphatic heterocycles. The number of sulfone groups is 1. The molecule has 0 unspecified atom stereocenters. The third-order valence-corrected chi connectivity index (χ3v) is 7.13. The maximum atomic E-state index is 12.8. The molecule has 8 heteroatoms. The molecular formula is C26H29N3O4S. The predicted molar refractivity (Wildman–Crippen MR) is 132 cm³/mol. The second-order valence-electron chi connectivity index (χ2n) is 8.52. The molecule has 0 bridgehead atoms. The van der Waals surface area contributed by atoms with Crippen LogP contribution in [0.25, 0.3) is 0 Å². The fraction of sp³-hybridized carbons (Fsp3) is 0.231. The molecule has 0 saturated carbocycles. The van der Waals surface area contributed by atoms with E-state index in [1.807, 2.05) is 33.8 Å². The molecule has 1 atom stereocenters. The quantitative estimate of drug-likeness (QED) is 0.423. The molecule has 34 heavy (non-hydrogen) atoms. The molecule has 3 N–H and O–H groups in total. The summed E-state index contributed by atoms with van der Waals surface area (Å²) >= 11 is 0. The molecule has 0 radical (unpaired) electrons. The molecule has 0 aliphatic carbocycles. The van der Waals surface area contributed by atoms with Crippen LogP contribution in [-0.4, -0.2) is 26.3 Å². The Morgan fingerprint density at radius 1 is 0.794 bits per heavy atom. The number of nitrogens with one attached hydrogen (secondary N) is 3. The Balaban J connectivity index is 1.64. The number of carbonyl (C=O) groups excluding carboxylic acids is 2. The molecule has 3 aromatic carbocycles. The van der Waals surface area contributed by atoms with Gasteiger partial charge in [0.1, 0.15) is 6.04 Å². The minimum Gasteiger partial charge on any atom is -0.340 e. The van der Waals surface area contributed by atoms with Gasteiger partial charge in [-0.2, -0.15) is 0 Å². The Labute approximate surface area is 200 Å². The number of hydrazine groups is 1. The average molecular weight is 480 g/mol. The van der Waals surface area contributed by atoms with E-state index < -0.39 is 21.8 Å². The van der Waals surface area contributed by atoms with Crippen molar-refractivity contribution in [3.05, 3.63) is 89.5 Å². The summed E-state index contributed by atoms with van der Waals surface area (Å²) in [6.07, 6.45) is 0. The maximum absolute atomic E-state index is 12.8. The molecule has 0 aliphatic rings. The van der Waals surface area contributed by atoms with Crippen LogP contribution in [0.3, 0.4) is 0 Å². The highest BCUT2D eigenvalue weighted by atomic mass is 32.2. The van der Waals surface area contributed by atoms with Crippen molar-refractivity contribution in [2.24, 2.45) is 5.92 Å². The number of hydrogen-bond donors (Lipinski definition) is 3. The number of anilines is 1. The van der Waals surface area contributed by atoms with Gasteiger partial charge in [0, 0.05) is 5.56 Å². The van der Waals surface area contributed by atoms with E-state index in [0.717, 1.165) is 11.1 Å². The van der Waals surface area contributed by atoms with E-state index in [1.165, 1.54) is 12.1 Å². The second-order valence-corrected chi connectivity index (χ2v) is 10.5. The summed E-state index contributed by atoms with van der Waals surface area (Å²) in [6, 6.07) is 19.1. The molecule has 3 rings (SSSR count). The number of rotatable bonds is 8. The summed E-state index contributed by atoms with van der Waals surface area (Å²) in [5.41, 5.74) is 8.29. The van der Waals surface area contributed by atoms with Gasteiger partial charge in [0.2, 0.25) is 9.84 Å². The van der Waals surface area contributed by atoms with Gasteiger partial charge < -0.3 is 5.32 Å². The van der Waals surface area contributed by atoms with Gasteiger partial charge in [-0.25, -0.2) is 8.42 Å². The molecule has 0 spiro atoms. The summed E-state index contributed by atoms with van der Waals surface area (Å²) in [5.74, 6) is -0.895. The van der Waals surface area contributed by atoms with Gasteiger partial charge in [-0.15, -0.1) is 0 Å². The first-order valence-corrected chi connectivity index (χ1v) is 12.4. The smallest absolute Gasteiger partial charge is 0.261 e. The fourth-order valence-corrected chi connectivity index (χ4v) is 4.59. The van der Waals surface area contributed by atoms with Crippen molar-refractivity contribution in [3.8, 4) is 0 Å². The Kier molecular flexibility index (Phi) is 7.73. The molecule has 2 amide bonds. The predicted octanol–water partition coefficient (Wildman–Crippen LogP) is 4.03. The monoisotopic (exact) mass is 479 g/mol. The molecule has 178 valence electrons. The Morgan fingerprint density at radius 2 is 1.38 bits per heavy atom.